The van der Waals surface area contributed by atoms with Crippen molar-refractivity contribution < 1.29 is 75.4 Å². The van der Waals surface area contributed by atoms with Gasteiger partial charge in [0.1, 0.15) is 47.8 Å². The van der Waals surface area contributed by atoms with E-state index in [1.54, 1.807) is 4.90 Å². The number of fused-ring (bicyclic) bond motifs is 1. The van der Waals surface area contributed by atoms with Gasteiger partial charge >= 0.3 is 6.18 Å². The number of nitrogens with zero attached hydrogens (tertiary/aromatic N) is 9. The average Bonchev–Trinajstić information content (AvgIpc) is 1.49. The summed E-state index contributed by atoms with van der Waals surface area (Å²) < 4.78 is 47.5. The van der Waals surface area contributed by atoms with E-state index >= 15 is 28.8 Å². The monoisotopic (exact) mass is 1460 g/mol. The Morgan fingerprint density at radius 3 is 1.85 bits per heavy atom. The largest absolute Gasteiger partial charge is 0.417 e. The second kappa shape index (κ2) is 37.6. The first-order chi connectivity index (χ1) is 48.3. The molecular formula is C73H112ClF3N12O13. The molecule has 3 aliphatic heterocycles. The summed E-state index contributed by atoms with van der Waals surface area (Å²) in [7, 11) is 9.92. The highest BCUT2D eigenvalue weighted by Crippen LogP contribution is 2.38. The zero-order valence-electron chi connectivity index (χ0n) is 61.7. The first-order valence-corrected chi connectivity index (χ1v) is 37.4. The number of likely N-dealkylation sites (N-methyl/N-ethyl adjacent to an activating group) is 7. The van der Waals surface area contributed by atoms with Crippen LogP contribution in [-0.4, -0.2) is 265 Å². The zero-order chi connectivity index (χ0) is 74.9. The Balaban J connectivity index is 1.29. The predicted molar refractivity (Wildman–Crippen MR) is 375 cm³/mol. The number of piperidine rings is 1. The molecule has 3 N–H and O–H groups in total. The fourth-order valence-electron chi connectivity index (χ4n) is 15.7. The van der Waals surface area contributed by atoms with Gasteiger partial charge in [0.2, 0.25) is 70.9 Å². The van der Waals surface area contributed by atoms with Crippen LogP contribution in [0.5, 0.6) is 0 Å². The number of hydrogen-bond donors (Lipinski definition) is 3. The number of hydrogen-bond acceptors (Lipinski definition) is 13. The van der Waals surface area contributed by atoms with Gasteiger partial charge in [-0.15, -0.1) is 0 Å². The molecule has 29 heteroatoms. The van der Waals surface area contributed by atoms with Crippen LogP contribution in [0.2, 0.25) is 5.02 Å². The molecule has 12 amide bonds. The molecule has 3 aliphatic carbocycles. The molecule has 3 saturated carbocycles. The SMILES string of the molecule is CCCOC[C@@H]1NC(=O)[C@H](CC(C)C)N(C)C(=O)C[C@@H](C(=O)N2CCCCC2)N(C)C(=O)[C@H](C2CCCCC2)N(C)C(=O)C2(CCCC2)NC(=O)C2CCCN2C(=O)[C@H](CCc2ccc(C(F)(F)F)c(Cl)c2)NC(=O)CN(C)C(=O)[C@H](CC2CCCCC2)N(C)C(=O)CN(C)C(=O)CN(C)C1=O. The van der Waals surface area contributed by atoms with Crippen molar-refractivity contribution in [2.75, 3.05) is 102 Å². The van der Waals surface area contributed by atoms with Crippen LogP contribution in [0.25, 0.3) is 0 Å². The van der Waals surface area contributed by atoms with Gasteiger partial charge in [0.25, 0.3) is 0 Å². The summed E-state index contributed by atoms with van der Waals surface area (Å²) in [6, 6.07) is -5.80. The molecule has 6 aliphatic rings. The number of amides is 12. The molecule has 0 bridgehead atoms. The van der Waals surface area contributed by atoms with Gasteiger partial charge < -0.3 is 64.8 Å². The third-order valence-corrected chi connectivity index (χ3v) is 22.1. The molecule has 102 heavy (non-hydrogen) atoms. The van der Waals surface area contributed by atoms with E-state index in [-0.39, 0.29) is 76.5 Å². The third kappa shape index (κ3) is 21.3. The third-order valence-electron chi connectivity index (χ3n) is 21.8. The van der Waals surface area contributed by atoms with Crippen molar-refractivity contribution in [2.45, 2.75) is 235 Å². The molecule has 0 radical (unpaired) electrons. The van der Waals surface area contributed by atoms with Crippen molar-refractivity contribution in [2.24, 2.45) is 17.8 Å². The fraction of sp³-hybridized carbons (Fsp3) is 0.753. The summed E-state index contributed by atoms with van der Waals surface area (Å²) in [6.45, 7) is 4.48. The highest BCUT2D eigenvalue weighted by atomic mass is 35.5. The van der Waals surface area contributed by atoms with Crippen LogP contribution in [0.1, 0.15) is 186 Å². The maximum Gasteiger partial charge on any atom is 0.417 e. The second-order valence-electron chi connectivity index (χ2n) is 29.9. The summed E-state index contributed by atoms with van der Waals surface area (Å²) in [6.07, 6.45) is 7.09. The highest BCUT2D eigenvalue weighted by molar-refractivity contribution is 6.31. The molecule has 570 valence electrons. The molecule has 25 nitrogen and oxygen atoms in total. The number of carbonyl (C=O) groups excluding carboxylic acids is 12. The molecule has 1 spiro atoms. The minimum Gasteiger partial charge on any atom is -0.379 e. The number of alkyl halides is 3. The summed E-state index contributed by atoms with van der Waals surface area (Å²) >= 11 is 6.16. The second-order valence-corrected chi connectivity index (χ2v) is 30.3. The lowest BCUT2D eigenvalue weighted by Gasteiger charge is -2.43. The lowest BCUT2D eigenvalue weighted by atomic mass is 9.81. The average molecular weight is 1460 g/mol. The van der Waals surface area contributed by atoms with Crippen LogP contribution in [0.15, 0.2) is 18.2 Å². The van der Waals surface area contributed by atoms with Crippen LogP contribution in [-0.2, 0) is 74.9 Å². The van der Waals surface area contributed by atoms with Crippen molar-refractivity contribution in [1.82, 2.24) is 60.0 Å². The number of rotatable bonds is 13. The Hall–Kier alpha value is -7.10. The first-order valence-electron chi connectivity index (χ1n) is 37.0. The number of benzene rings is 1. The Bertz CT molecular complexity index is 3140. The number of aryl methyl sites for hydroxylation is 1. The van der Waals surface area contributed by atoms with Crippen LogP contribution >= 0.6 is 11.6 Å². The topological polar surface area (TPSA) is 279 Å². The van der Waals surface area contributed by atoms with Gasteiger partial charge in [-0.1, -0.05) is 103 Å². The number of ether oxygens (including phenoxy) is 1. The molecule has 1 unspecified atom stereocenters. The number of nitrogens with one attached hydrogen (secondary N) is 3. The molecule has 1 aromatic carbocycles. The Morgan fingerprint density at radius 2 is 1.24 bits per heavy atom. The quantitative estimate of drug-likeness (QED) is 0.197. The summed E-state index contributed by atoms with van der Waals surface area (Å²) in [5, 5.41) is 8.07. The van der Waals surface area contributed by atoms with E-state index in [1.807, 2.05) is 20.8 Å². The molecular weight excluding hydrogens is 1350 g/mol. The Morgan fingerprint density at radius 1 is 0.627 bits per heavy atom. The van der Waals surface area contributed by atoms with Gasteiger partial charge in [-0.05, 0) is 125 Å². The zero-order valence-corrected chi connectivity index (χ0v) is 62.4. The lowest BCUT2D eigenvalue weighted by molar-refractivity contribution is -0.157. The number of halogens is 4. The molecule has 6 fully saturated rings. The molecule has 3 saturated heterocycles. The van der Waals surface area contributed by atoms with Crippen LogP contribution in [0, 0.1) is 17.8 Å². The summed E-state index contributed by atoms with van der Waals surface area (Å²) in [5.74, 6) is -8.52. The molecule has 7 rings (SSSR count). The normalized spacial score (nSPS) is 26.3. The predicted octanol–water partition coefficient (Wildman–Crippen LogP) is 5.80. The molecule has 1 aromatic rings. The Kier molecular flexibility index (Phi) is 30.3. The maximum atomic E-state index is 15.8. The van der Waals surface area contributed by atoms with Crippen molar-refractivity contribution in [3.8, 4) is 0 Å². The van der Waals surface area contributed by atoms with Crippen LogP contribution < -0.4 is 16.0 Å². The minimum atomic E-state index is -4.76. The van der Waals surface area contributed by atoms with E-state index in [9.17, 15) is 41.9 Å². The highest BCUT2D eigenvalue weighted by Gasteiger charge is 2.51. The number of carbonyl (C=O) groups is 12. The molecule has 0 aromatic heterocycles. The van der Waals surface area contributed by atoms with Crippen molar-refractivity contribution in [3.05, 3.63) is 34.3 Å². The smallest absolute Gasteiger partial charge is 0.379 e. The minimum absolute atomic E-state index is 0.0113. The van der Waals surface area contributed by atoms with Gasteiger partial charge in [-0.3, -0.25) is 57.5 Å². The Labute approximate surface area is 604 Å². The van der Waals surface area contributed by atoms with Crippen molar-refractivity contribution in [1.29, 1.82) is 0 Å². The molecule has 7 atom stereocenters. The van der Waals surface area contributed by atoms with Gasteiger partial charge in [0.05, 0.1) is 43.2 Å². The number of likely N-dealkylation sites (tertiary alicyclic amines) is 1. The van der Waals surface area contributed by atoms with E-state index in [0.717, 1.165) is 84.6 Å². The van der Waals surface area contributed by atoms with Crippen molar-refractivity contribution in [3.63, 3.8) is 0 Å². The van der Waals surface area contributed by atoms with E-state index < -0.39 is 167 Å². The van der Waals surface area contributed by atoms with Crippen molar-refractivity contribution >= 4 is 82.5 Å². The standard InChI is InChI=1S/C73H112ClF3N12O13/c1-11-38-102-46-54-66(96)83(6)44-61(92)81(4)45-62(93)85(8)57(41-48-24-15-12-16-25-48)68(98)82(5)43-59(90)78-53(32-30-49-29-31-51(52(74)40-49)73(75,76)77)67(97)89-37-23-28-55(89)65(95)80-72(33-19-20-34-72)71(101)87(10)63(50-26-17-13-18-27-50)70(100)86(9)58(69(99)88-35-21-14-22-36-88)42-60(91)84(7)56(39-47(2)3)64(94)79-54/h29,31,40,47-48,50,53-58,63H,11-28,30,32-39,41-46H2,1-10H3,(H,78,90)(H,79,94)(H,80,95)/t53-,54-,55?,56-,57-,58-,63-/m0/s1. The summed E-state index contributed by atoms with van der Waals surface area (Å²) in [5.41, 5.74) is -2.35. The van der Waals surface area contributed by atoms with E-state index in [4.69, 9.17) is 16.3 Å². The van der Waals surface area contributed by atoms with Gasteiger partial charge in [0.15, 0.2) is 0 Å². The van der Waals surface area contributed by atoms with E-state index in [2.05, 4.69) is 16.0 Å². The van der Waals surface area contributed by atoms with E-state index in [1.165, 1.54) is 79.9 Å². The van der Waals surface area contributed by atoms with Crippen LogP contribution in [0.3, 0.4) is 0 Å². The lowest BCUT2D eigenvalue weighted by Crippen LogP contribution is -2.65. The maximum absolute atomic E-state index is 15.8. The fourth-order valence-corrected chi connectivity index (χ4v) is 16.0. The van der Waals surface area contributed by atoms with Gasteiger partial charge in [-0.25, -0.2) is 0 Å². The summed E-state index contributed by atoms with van der Waals surface area (Å²) in [4.78, 5) is 191. The van der Waals surface area contributed by atoms with Crippen LogP contribution in [0.4, 0.5) is 13.2 Å². The first kappa shape index (κ1) is 82.2. The van der Waals surface area contributed by atoms with Gasteiger partial charge in [0, 0.05) is 75.6 Å². The van der Waals surface area contributed by atoms with Gasteiger partial charge in [-0.2, -0.15) is 13.2 Å². The molecule has 3 heterocycles. The van der Waals surface area contributed by atoms with E-state index in [0.29, 0.717) is 70.0 Å².